The Morgan fingerprint density at radius 2 is 0.667 bits per heavy atom. The van der Waals surface area contributed by atoms with Crippen LogP contribution in [-0.4, -0.2) is 0 Å². The number of benzene rings is 8. The molecule has 2 aliphatic heterocycles. The SMILES string of the molecule is Cc1cc(C)cc(N2c3ccccc3N(c3cc(Br)c(-c4c(C#N)cc(C#N)cc4C#N)c(N4c5ccccc5N(c5cc(C)cc(C)c5)c5ccccc54)c3)c3ccccc32)c1. The number of halogens is 1. The van der Waals surface area contributed by atoms with E-state index in [0.29, 0.717) is 15.6 Å². The molecule has 8 aromatic rings. The molecule has 8 heteroatoms. The van der Waals surface area contributed by atoms with Crippen molar-refractivity contribution in [1.29, 1.82) is 15.8 Å². The normalized spacial score (nSPS) is 12.3. The van der Waals surface area contributed by atoms with E-state index in [4.69, 9.17) is 0 Å². The molecule has 63 heavy (non-hydrogen) atoms. The van der Waals surface area contributed by atoms with Gasteiger partial charge in [-0.05, 0) is 163 Å². The second-order valence-corrected chi connectivity index (χ2v) is 16.9. The van der Waals surface area contributed by atoms with Crippen molar-refractivity contribution in [3.8, 4) is 29.3 Å². The Morgan fingerprint density at radius 1 is 0.349 bits per heavy atom. The lowest BCUT2D eigenvalue weighted by molar-refractivity contribution is 1.15. The zero-order chi connectivity index (χ0) is 43.5. The Morgan fingerprint density at radius 3 is 0.984 bits per heavy atom. The molecule has 0 aromatic heterocycles. The minimum atomic E-state index is 0.230. The number of fused-ring (bicyclic) bond motifs is 4. The molecule has 0 bridgehead atoms. The summed E-state index contributed by atoms with van der Waals surface area (Å²) in [5.41, 5.74) is 18.0. The molecule has 0 unspecified atom stereocenters. The molecule has 300 valence electrons. The van der Waals surface area contributed by atoms with E-state index in [0.717, 1.165) is 79.4 Å². The molecule has 0 aliphatic carbocycles. The molecule has 0 fully saturated rings. The van der Waals surface area contributed by atoms with Crippen LogP contribution in [0, 0.1) is 61.7 Å². The van der Waals surface area contributed by atoms with E-state index in [1.165, 1.54) is 11.1 Å². The van der Waals surface area contributed by atoms with Crippen LogP contribution in [0.1, 0.15) is 38.9 Å². The van der Waals surface area contributed by atoms with Crippen LogP contribution in [0.25, 0.3) is 11.1 Å². The fourth-order valence-electron chi connectivity index (χ4n) is 9.43. The van der Waals surface area contributed by atoms with Gasteiger partial charge in [0.15, 0.2) is 0 Å². The van der Waals surface area contributed by atoms with Crippen LogP contribution in [0.2, 0.25) is 0 Å². The molecule has 2 aliphatic rings. The molecule has 7 nitrogen and oxygen atoms in total. The van der Waals surface area contributed by atoms with Crippen molar-refractivity contribution >= 4 is 84.2 Å². The van der Waals surface area contributed by atoms with Gasteiger partial charge in [0.1, 0.15) is 0 Å². The number of nitriles is 3. The van der Waals surface area contributed by atoms with Crippen LogP contribution in [-0.2, 0) is 0 Å². The second-order valence-electron chi connectivity index (χ2n) is 16.1. The highest BCUT2D eigenvalue weighted by molar-refractivity contribution is 9.10. The predicted octanol–water partition coefficient (Wildman–Crippen LogP) is 15.5. The molecule has 2 heterocycles. The van der Waals surface area contributed by atoms with Gasteiger partial charge in [0.25, 0.3) is 0 Å². The first-order chi connectivity index (χ1) is 30.7. The molecule has 8 aromatic carbocycles. The Balaban J connectivity index is 1.29. The minimum Gasteiger partial charge on any atom is -0.306 e. The fraction of sp³-hybridized carbons (Fsp3) is 0.0727. The highest BCUT2D eigenvalue weighted by Gasteiger charge is 2.36. The average Bonchev–Trinajstić information content (AvgIpc) is 3.28. The maximum atomic E-state index is 10.7. The predicted molar refractivity (Wildman–Crippen MR) is 259 cm³/mol. The summed E-state index contributed by atoms with van der Waals surface area (Å²) in [4.78, 5) is 9.18. The molecule has 0 saturated heterocycles. The summed E-state index contributed by atoms with van der Waals surface area (Å²) in [5.74, 6) is 0. The maximum absolute atomic E-state index is 10.7. The lowest BCUT2D eigenvalue weighted by Gasteiger charge is -2.43. The van der Waals surface area contributed by atoms with Crippen LogP contribution in [0.3, 0.4) is 0 Å². The van der Waals surface area contributed by atoms with Crippen LogP contribution < -0.4 is 19.6 Å². The first kappa shape index (κ1) is 39.1. The van der Waals surface area contributed by atoms with Gasteiger partial charge >= 0.3 is 0 Å². The smallest absolute Gasteiger partial charge is 0.0999 e. The zero-order valence-electron chi connectivity index (χ0n) is 35.0. The van der Waals surface area contributed by atoms with E-state index in [1.807, 2.05) is 12.1 Å². The first-order valence-electron chi connectivity index (χ1n) is 20.6. The van der Waals surface area contributed by atoms with E-state index in [2.05, 4.69) is 215 Å². The lowest BCUT2D eigenvalue weighted by Crippen LogP contribution is -2.26. The number of aryl methyl sites for hydroxylation is 4. The van der Waals surface area contributed by atoms with Crippen molar-refractivity contribution in [2.45, 2.75) is 27.7 Å². The quantitative estimate of drug-likeness (QED) is 0.170. The summed E-state index contributed by atoms with van der Waals surface area (Å²) in [6.45, 7) is 8.50. The Kier molecular flexibility index (Phi) is 9.57. The van der Waals surface area contributed by atoms with E-state index in [9.17, 15) is 15.8 Å². The summed E-state index contributed by atoms with van der Waals surface area (Å²) < 4.78 is 0.672. The third kappa shape index (κ3) is 6.46. The highest BCUT2D eigenvalue weighted by Crippen LogP contribution is 2.60. The van der Waals surface area contributed by atoms with Gasteiger partial charge in [0.2, 0.25) is 0 Å². The topological polar surface area (TPSA) is 84.3 Å². The van der Waals surface area contributed by atoms with Crippen molar-refractivity contribution in [1.82, 2.24) is 0 Å². The Labute approximate surface area is 375 Å². The largest absolute Gasteiger partial charge is 0.306 e. The summed E-state index contributed by atoms with van der Waals surface area (Å²) in [6, 6.07) is 61.1. The summed E-state index contributed by atoms with van der Waals surface area (Å²) in [7, 11) is 0. The van der Waals surface area contributed by atoms with Gasteiger partial charge < -0.3 is 19.6 Å². The fourth-order valence-corrected chi connectivity index (χ4v) is 10.1. The standard InChI is InChI=1S/C55H38BrN7/c1-34-21-35(2)24-41(23-34)60-45-13-5-7-15-47(45)62(48-16-8-6-14-46(48)60)43-29-44(56)55(54-39(32-58)27-38(31-57)28-40(54)33-59)53(30-43)63-51-19-11-9-17-49(51)61(50-18-10-12-20-52(50)63)42-25-36(3)22-37(4)26-42/h5-30H,1-4H3. The van der Waals surface area contributed by atoms with Crippen LogP contribution in [0.5, 0.6) is 0 Å². The average molecular weight is 877 g/mol. The van der Waals surface area contributed by atoms with Crippen LogP contribution >= 0.6 is 15.9 Å². The number of hydrogen-bond acceptors (Lipinski definition) is 7. The summed E-state index contributed by atoms with van der Waals surface area (Å²) >= 11 is 4.06. The van der Waals surface area contributed by atoms with Crippen LogP contribution in [0.4, 0.5) is 68.2 Å². The summed E-state index contributed by atoms with van der Waals surface area (Å²) in [5, 5.41) is 31.5. The molecule has 0 atom stereocenters. The lowest BCUT2D eigenvalue weighted by atomic mass is 9.90. The zero-order valence-corrected chi connectivity index (χ0v) is 36.6. The van der Waals surface area contributed by atoms with Gasteiger partial charge in [-0.2, -0.15) is 15.8 Å². The molecular formula is C55H38BrN7. The highest BCUT2D eigenvalue weighted by atomic mass is 79.9. The van der Waals surface area contributed by atoms with E-state index >= 15 is 0 Å². The number of rotatable bonds is 5. The van der Waals surface area contributed by atoms with Crippen LogP contribution in [0.15, 0.2) is 162 Å². The van der Waals surface area contributed by atoms with Gasteiger partial charge in [0.05, 0.1) is 86.1 Å². The van der Waals surface area contributed by atoms with Crippen molar-refractivity contribution in [2.75, 3.05) is 19.6 Å². The van der Waals surface area contributed by atoms with Gasteiger partial charge in [-0.25, -0.2) is 0 Å². The molecule has 10 rings (SSSR count). The number of para-hydroxylation sites is 8. The van der Waals surface area contributed by atoms with E-state index < -0.39 is 0 Å². The van der Waals surface area contributed by atoms with Gasteiger partial charge in [0, 0.05) is 32.7 Å². The van der Waals surface area contributed by atoms with E-state index in [1.54, 1.807) is 12.1 Å². The third-order valence-electron chi connectivity index (χ3n) is 11.7. The molecule has 0 N–H and O–H groups in total. The van der Waals surface area contributed by atoms with Crippen molar-refractivity contribution in [3.63, 3.8) is 0 Å². The minimum absolute atomic E-state index is 0.230. The van der Waals surface area contributed by atoms with Gasteiger partial charge in [-0.15, -0.1) is 0 Å². The number of anilines is 12. The monoisotopic (exact) mass is 875 g/mol. The van der Waals surface area contributed by atoms with Gasteiger partial charge in [-0.3, -0.25) is 0 Å². The number of hydrogen-bond donors (Lipinski definition) is 0. The van der Waals surface area contributed by atoms with Gasteiger partial charge in [-0.1, -0.05) is 60.7 Å². The van der Waals surface area contributed by atoms with Crippen molar-refractivity contribution < 1.29 is 0 Å². The Bertz CT molecular complexity index is 3160. The molecule has 0 spiro atoms. The third-order valence-corrected chi connectivity index (χ3v) is 12.3. The van der Waals surface area contributed by atoms with Crippen molar-refractivity contribution in [3.05, 3.63) is 201 Å². The summed E-state index contributed by atoms with van der Waals surface area (Å²) in [6.07, 6.45) is 0. The molecular weight excluding hydrogens is 839 g/mol. The maximum Gasteiger partial charge on any atom is 0.0999 e. The molecule has 0 amide bonds. The van der Waals surface area contributed by atoms with Crippen molar-refractivity contribution in [2.24, 2.45) is 0 Å². The second kappa shape index (κ2) is 15.4. The van der Waals surface area contributed by atoms with E-state index in [-0.39, 0.29) is 16.7 Å². The number of nitrogens with zero attached hydrogens (tertiary/aromatic N) is 7. The Hall–Kier alpha value is -8.09. The first-order valence-corrected chi connectivity index (χ1v) is 21.4. The molecule has 0 radical (unpaired) electrons. The molecule has 0 saturated carbocycles.